The molecule has 0 radical (unpaired) electrons. The minimum absolute atomic E-state index is 0.0989. The third-order valence-electron chi connectivity index (χ3n) is 4.92. The molecule has 0 saturated heterocycles. The summed E-state index contributed by atoms with van der Waals surface area (Å²) in [6.07, 6.45) is 0.815. The predicted octanol–water partition coefficient (Wildman–Crippen LogP) is 4.70. The summed E-state index contributed by atoms with van der Waals surface area (Å²) < 4.78 is 0. The van der Waals surface area contributed by atoms with E-state index in [9.17, 15) is 19.7 Å². The second-order valence-corrected chi connectivity index (χ2v) is 7.22. The van der Waals surface area contributed by atoms with E-state index in [1.807, 2.05) is 24.3 Å². The summed E-state index contributed by atoms with van der Waals surface area (Å²) in [6.45, 7) is 0.622. The first-order valence-corrected chi connectivity index (χ1v) is 9.57. The molecule has 2 amide bonds. The van der Waals surface area contributed by atoms with Gasteiger partial charge in [-0.1, -0.05) is 29.8 Å². The van der Waals surface area contributed by atoms with Crippen LogP contribution in [-0.4, -0.2) is 23.3 Å². The van der Waals surface area contributed by atoms with E-state index in [1.54, 1.807) is 29.2 Å². The Morgan fingerprint density at radius 1 is 1.03 bits per heavy atom. The number of halogens is 1. The highest BCUT2D eigenvalue weighted by Gasteiger charge is 2.25. The van der Waals surface area contributed by atoms with Gasteiger partial charge in [-0.15, -0.1) is 0 Å². The summed E-state index contributed by atoms with van der Waals surface area (Å²) in [5.41, 5.74) is 2.48. The van der Waals surface area contributed by atoms with Gasteiger partial charge in [-0.3, -0.25) is 19.7 Å². The maximum absolute atomic E-state index is 12.9. The average Bonchev–Trinajstić information content (AvgIpc) is 3.17. The number of benzene rings is 3. The molecule has 1 aliphatic rings. The molecular formula is C22H16ClN3O4. The van der Waals surface area contributed by atoms with Gasteiger partial charge < -0.3 is 10.2 Å². The SMILES string of the molecule is O=C(Nc1ccc(C(=O)N2CCc3ccccc32)cc1)c1ccc(Cl)cc1[N+](=O)[O-]. The lowest BCUT2D eigenvalue weighted by Gasteiger charge is -2.17. The van der Waals surface area contributed by atoms with Crippen LogP contribution >= 0.6 is 11.6 Å². The molecule has 30 heavy (non-hydrogen) atoms. The number of carbonyl (C=O) groups excluding carboxylic acids is 2. The number of nitro benzene ring substituents is 1. The summed E-state index contributed by atoms with van der Waals surface area (Å²) in [4.78, 5) is 37.6. The number of nitrogens with zero attached hydrogens (tertiary/aromatic N) is 2. The Morgan fingerprint density at radius 2 is 1.77 bits per heavy atom. The summed E-state index contributed by atoms with van der Waals surface area (Å²) in [5, 5.41) is 14.0. The second-order valence-electron chi connectivity index (χ2n) is 6.79. The number of hydrogen-bond donors (Lipinski definition) is 1. The summed E-state index contributed by atoms with van der Waals surface area (Å²) in [6, 6.07) is 18.1. The van der Waals surface area contributed by atoms with E-state index >= 15 is 0 Å². The number of nitrogens with one attached hydrogen (secondary N) is 1. The van der Waals surface area contributed by atoms with Crippen LogP contribution in [0.25, 0.3) is 0 Å². The van der Waals surface area contributed by atoms with Gasteiger partial charge in [0, 0.05) is 34.6 Å². The van der Waals surface area contributed by atoms with Crippen LogP contribution in [0.1, 0.15) is 26.3 Å². The lowest BCUT2D eigenvalue weighted by Crippen LogP contribution is -2.28. The Morgan fingerprint density at radius 3 is 2.50 bits per heavy atom. The Hall–Kier alpha value is -3.71. The van der Waals surface area contributed by atoms with Crippen molar-refractivity contribution in [3.05, 3.63) is 98.6 Å². The molecule has 1 N–H and O–H groups in total. The van der Waals surface area contributed by atoms with Gasteiger partial charge >= 0.3 is 0 Å². The van der Waals surface area contributed by atoms with Crippen LogP contribution < -0.4 is 10.2 Å². The first-order valence-electron chi connectivity index (χ1n) is 9.19. The van der Waals surface area contributed by atoms with Gasteiger partial charge in [0.15, 0.2) is 0 Å². The first kappa shape index (κ1) is 19.6. The van der Waals surface area contributed by atoms with E-state index in [4.69, 9.17) is 11.6 Å². The topological polar surface area (TPSA) is 92.6 Å². The largest absolute Gasteiger partial charge is 0.322 e. The van der Waals surface area contributed by atoms with Crippen LogP contribution in [0.2, 0.25) is 5.02 Å². The van der Waals surface area contributed by atoms with Crippen molar-refractivity contribution in [2.24, 2.45) is 0 Å². The van der Waals surface area contributed by atoms with Crippen LogP contribution in [-0.2, 0) is 6.42 Å². The number of fused-ring (bicyclic) bond motifs is 1. The third kappa shape index (κ3) is 3.75. The quantitative estimate of drug-likeness (QED) is 0.488. The molecule has 0 aliphatic carbocycles. The molecule has 4 rings (SSSR count). The number of rotatable bonds is 4. The Balaban J connectivity index is 1.50. The number of anilines is 2. The van der Waals surface area contributed by atoms with E-state index in [1.165, 1.54) is 12.1 Å². The van der Waals surface area contributed by atoms with Crippen LogP contribution in [0.3, 0.4) is 0 Å². The van der Waals surface area contributed by atoms with E-state index in [2.05, 4.69) is 5.32 Å². The number of carbonyl (C=O) groups is 2. The molecule has 0 spiro atoms. The highest BCUT2D eigenvalue weighted by atomic mass is 35.5. The summed E-state index contributed by atoms with van der Waals surface area (Å²) in [7, 11) is 0. The van der Waals surface area contributed by atoms with E-state index in [0.29, 0.717) is 17.8 Å². The molecule has 0 atom stereocenters. The first-order chi connectivity index (χ1) is 14.4. The summed E-state index contributed by atoms with van der Waals surface area (Å²) in [5.74, 6) is -0.753. The smallest absolute Gasteiger partial charge is 0.283 e. The molecule has 0 fully saturated rings. The van der Waals surface area contributed by atoms with Crippen molar-refractivity contribution >= 4 is 40.5 Å². The van der Waals surface area contributed by atoms with Crippen LogP contribution in [0.4, 0.5) is 17.1 Å². The van der Waals surface area contributed by atoms with Crippen molar-refractivity contribution < 1.29 is 14.5 Å². The van der Waals surface area contributed by atoms with Crippen molar-refractivity contribution in [2.45, 2.75) is 6.42 Å². The fourth-order valence-corrected chi connectivity index (χ4v) is 3.61. The maximum Gasteiger partial charge on any atom is 0.283 e. The summed E-state index contributed by atoms with van der Waals surface area (Å²) >= 11 is 5.79. The van der Waals surface area contributed by atoms with Crippen molar-refractivity contribution in [3.63, 3.8) is 0 Å². The zero-order chi connectivity index (χ0) is 21.3. The highest BCUT2D eigenvalue weighted by molar-refractivity contribution is 6.31. The number of nitro groups is 1. The van der Waals surface area contributed by atoms with E-state index in [0.717, 1.165) is 23.7 Å². The Labute approximate surface area is 177 Å². The van der Waals surface area contributed by atoms with Crippen LogP contribution in [0, 0.1) is 10.1 Å². The van der Waals surface area contributed by atoms with Gasteiger partial charge in [-0.25, -0.2) is 0 Å². The molecule has 1 heterocycles. The Kier molecular flexibility index (Phi) is 5.20. The molecule has 0 saturated carbocycles. The number of para-hydroxylation sites is 1. The molecule has 0 unspecified atom stereocenters. The number of hydrogen-bond acceptors (Lipinski definition) is 4. The maximum atomic E-state index is 12.9. The van der Waals surface area contributed by atoms with Crippen molar-refractivity contribution in [3.8, 4) is 0 Å². The fourth-order valence-electron chi connectivity index (χ4n) is 3.45. The van der Waals surface area contributed by atoms with Gasteiger partial charge in [-0.05, 0) is 54.4 Å². The van der Waals surface area contributed by atoms with E-state index < -0.39 is 10.8 Å². The van der Waals surface area contributed by atoms with Crippen LogP contribution in [0.5, 0.6) is 0 Å². The van der Waals surface area contributed by atoms with Gasteiger partial charge in [0.1, 0.15) is 5.56 Å². The van der Waals surface area contributed by atoms with Gasteiger partial charge in [0.05, 0.1) is 4.92 Å². The molecule has 0 bridgehead atoms. The van der Waals surface area contributed by atoms with Gasteiger partial charge in [-0.2, -0.15) is 0 Å². The Bertz CT molecular complexity index is 1160. The lowest BCUT2D eigenvalue weighted by molar-refractivity contribution is -0.385. The average molecular weight is 422 g/mol. The normalized spacial score (nSPS) is 12.4. The second kappa shape index (κ2) is 7.96. The number of amides is 2. The van der Waals surface area contributed by atoms with Crippen molar-refractivity contribution in [1.82, 2.24) is 0 Å². The fraction of sp³-hybridized carbons (Fsp3) is 0.0909. The molecule has 3 aromatic carbocycles. The monoisotopic (exact) mass is 421 g/mol. The van der Waals surface area contributed by atoms with Crippen LogP contribution in [0.15, 0.2) is 66.7 Å². The highest BCUT2D eigenvalue weighted by Crippen LogP contribution is 2.29. The predicted molar refractivity (Wildman–Crippen MR) is 114 cm³/mol. The standard InChI is InChI=1S/C22H16ClN3O4/c23-16-7-10-18(20(13-16)26(29)30)21(27)24-17-8-5-15(6-9-17)22(28)25-12-11-14-3-1-2-4-19(14)25/h1-10,13H,11-12H2,(H,24,27). The molecule has 0 aromatic heterocycles. The minimum Gasteiger partial charge on any atom is -0.322 e. The molecule has 1 aliphatic heterocycles. The molecule has 150 valence electrons. The molecule has 3 aromatic rings. The van der Waals surface area contributed by atoms with Crippen molar-refractivity contribution in [2.75, 3.05) is 16.8 Å². The third-order valence-corrected chi connectivity index (χ3v) is 5.16. The van der Waals surface area contributed by atoms with Gasteiger partial charge in [0.25, 0.3) is 17.5 Å². The molecule has 7 nitrogen and oxygen atoms in total. The molecular weight excluding hydrogens is 406 g/mol. The zero-order valence-corrected chi connectivity index (χ0v) is 16.4. The minimum atomic E-state index is -0.656. The molecule has 8 heteroatoms. The zero-order valence-electron chi connectivity index (χ0n) is 15.7. The van der Waals surface area contributed by atoms with Crippen molar-refractivity contribution in [1.29, 1.82) is 0 Å². The van der Waals surface area contributed by atoms with Gasteiger partial charge in [0.2, 0.25) is 0 Å². The lowest BCUT2D eigenvalue weighted by atomic mass is 10.1. The van der Waals surface area contributed by atoms with E-state index in [-0.39, 0.29) is 22.2 Å².